The number of amides is 1. The SMILES string of the molecule is CNC(=O)c1cc(Cl)c(=O)n(Cc2ccc(Cl)c(Cl)c2)c1. The Morgan fingerprint density at radius 1 is 1.14 bits per heavy atom. The number of halogens is 3. The average Bonchev–Trinajstić information content (AvgIpc) is 2.46. The van der Waals surface area contributed by atoms with E-state index in [9.17, 15) is 9.59 Å². The quantitative estimate of drug-likeness (QED) is 0.928. The van der Waals surface area contributed by atoms with Crippen LogP contribution in [0.4, 0.5) is 0 Å². The number of nitrogens with zero attached hydrogens (tertiary/aromatic N) is 1. The van der Waals surface area contributed by atoms with E-state index in [-0.39, 0.29) is 23.0 Å². The molecule has 1 aromatic carbocycles. The molecule has 0 saturated carbocycles. The van der Waals surface area contributed by atoms with E-state index in [0.29, 0.717) is 15.6 Å². The van der Waals surface area contributed by atoms with Gasteiger partial charge in [0.15, 0.2) is 0 Å². The van der Waals surface area contributed by atoms with Crippen molar-refractivity contribution in [2.45, 2.75) is 6.54 Å². The fraction of sp³-hybridized carbons (Fsp3) is 0.143. The number of carbonyl (C=O) groups is 1. The topological polar surface area (TPSA) is 51.1 Å². The molecule has 0 unspecified atom stereocenters. The zero-order chi connectivity index (χ0) is 15.6. The maximum Gasteiger partial charge on any atom is 0.269 e. The molecule has 0 aliphatic rings. The number of aromatic nitrogens is 1. The first-order chi connectivity index (χ1) is 9.92. The van der Waals surface area contributed by atoms with Crippen LogP contribution in [0.3, 0.4) is 0 Å². The number of hydrogen-bond donors (Lipinski definition) is 1. The maximum absolute atomic E-state index is 12.0. The Hall–Kier alpha value is -1.49. The van der Waals surface area contributed by atoms with Crippen molar-refractivity contribution >= 4 is 40.7 Å². The van der Waals surface area contributed by atoms with Gasteiger partial charge in [0, 0.05) is 13.2 Å². The Labute approximate surface area is 136 Å². The lowest BCUT2D eigenvalue weighted by Crippen LogP contribution is -2.25. The number of pyridine rings is 1. The lowest BCUT2D eigenvalue weighted by molar-refractivity contribution is 0.0962. The van der Waals surface area contributed by atoms with Gasteiger partial charge in [-0.1, -0.05) is 40.9 Å². The molecule has 0 aliphatic heterocycles. The molecule has 21 heavy (non-hydrogen) atoms. The Balaban J connectivity index is 2.43. The van der Waals surface area contributed by atoms with E-state index in [0.717, 1.165) is 5.56 Å². The molecule has 0 aliphatic carbocycles. The summed E-state index contributed by atoms with van der Waals surface area (Å²) in [7, 11) is 1.50. The number of hydrogen-bond acceptors (Lipinski definition) is 2. The van der Waals surface area contributed by atoms with Crippen molar-refractivity contribution in [3.05, 3.63) is 67.0 Å². The predicted octanol–water partition coefficient (Wildman–Crippen LogP) is 3.22. The number of nitrogens with one attached hydrogen (secondary N) is 1. The Morgan fingerprint density at radius 2 is 1.86 bits per heavy atom. The summed E-state index contributed by atoms with van der Waals surface area (Å²) in [5.41, 5.74) is 0.703. The van der Waals surface area contributed by atoms with Crippen molar-refractivity contribution in [1.82, 2.24) is 9.88 Å². The van der Waals surface area contributed by atoms with Gasteiger partial charge in [-0.05, 0) is 23.8 Å². The van der Waals surface area contributed by atoms with E-state index in [1.807, 2.05) is 0 Å². The van der Waals surface area contributed by atoms with E-state index >= 15 is 0 Å². The molecule has 0 radical (unpaired) electrons. The molecule has 1 amide bonds. The summed E-state index contributed by atoms with van der Waals surface area (Å²) in [6, 6.07) is 6.40. The Kier molecular flexibility index (Phi) is 4.93. The zero-order valence-electron chi connectivity index (χ0n) is 11.0. The van der Waals surface area contributed by atoms with Gasteiger partial charge in [-0.15, -0.1) is 0 Å². The van der Waals surface area contributed by atoms with Gasteiger partial charge in [0.1, 0.15) is 5.02 Å². The summed E-state index contributed by atoms with van der Waals surface area (Å²) < 4.78 is 1.35. The standard InChI is InChI=1S/C14H11Cl3N2O2/c1-18-13(20)9-5-12(17)14(21)19(7-9)6-8-2-3-10(15)11(16)4-8/h2-5,7H,6H2,1H3,(H,18,20). The molecule has 0 saturated heterocycles. The fourth-order valence-electron chi connectivity index (χ4n) is 1.82. The zero-order valence-corrected chi connectivity index (χ0v) is 13.3. The summed E-state index contributed by atoms with van der Waals surface area (Å²) in [5.74, 6) is -0.320. The van der Waals surface area contributed by atoms with Gasteiger partial charge in [0.05, 0.1) is 22.2 Å². The molecule has 2 aromatic rings. The van der Waals surface area contributed by atoms with Gasteiger partial charge in [-0.2, -0.15) is 0 Å². The van der Waals surface area contributed by atoms with Crippen LogP contribution in [0.1, 0.15) is 15.9 Å². The van der Waals surface area contributed by atoms with Crippen molar-refractivity contribution in [3.8, 4) is 0 Å². The summed E-state index contributed by atoms with van der Waals surface area (Å²) in [6.07, 6.45) is 1.45. The van der Waals surface area contributed by atoms with Crippen molar-refractivity contribution in [2.24, 2.45) is 0 Å². The summed E-state index contributed by atoms with van der Waals surface area (Å²) >= 11 is 17.7. The normalized spacial score (nSPS) is 10.5. The van der Waals surface area contributed by atoms with E-state index in [1.54, 1.807) is 18.2 Å². The second-order valence-corrected chi connectivity index (χ2v) is 5.56. The maximum atomic E-state index is 12.0. The molecule has 0 spiro atoms. The van der Waals surface area contributed by atoms with Crippen LogP contribution in [0.15, 0.2) is 35.3 Å². The minimum atomic E-state index is -0.379. The van der Waals surface area contributed by atoms with Gasteiger partial charge in [0.25, 0.3) is 11.5 Å². The molecular weight excluding hydrogens is 335 g/mol. The van der Waals surface area contributed by atoms with Crippen LogP contribution in [-0.4, -0.2) is 17.5 Å². The molecule has 0 fully saturated rings. The fourth-order valence-corrected chi connectivity index (χ4v) is 2.37. The van der Waals surface area contributed by atoms with Crippen molar-refractivity contribution in [2.75, 3.05) is 7.05 Å². The number of rotatable bonds is 3. The number of benzene rings is 1. The third kappa shape index (κ3) is 3.59. The van der Waals surface area contributed by atoms with Gasteiger partial charge in [-0.25, -0.2) is 0 Å². The minimum Gasteiger partial charge on any atom is -0.355 e. The van der Waals surface area contributed by atoms with Crippen LogP contribution in [0, 0.1) is 0 Å². The second kappa shape index (κ2) is 6.52. The van der Waals surface area contributed by atoms with Gasteiger partial charge in [0.2, 0.25) is 0 Å². The van der Waals surface area contributed by atoms with Crippen molar-refractivity contribution in [1.29, 1.82) is 0 Å². The van der Waals surface area contributed by atoms with Crippen LogP contribution in [0.5, 0.6) is 0 Å². The molecule has 110 valence electrons. The van der Waals surface area contributed by atoms with Gasteiger partial charge < -0.3 is 9.88 Å². The highest BCUT2D eigenvalue weighted by molar-refractivity contribution is 6.42. The summed E-state index contributed by atoms with van der Waals surface area (Å²) in [5, 5.41) is 3.30. The molecule has 7 heteroatoms. The molecule has 1 aromatic heterocycles. The molecular formula is C14H11Cl3N2O2. The van der Waals surface area contributed by atoms with Crippen LogP contribution in [0.25, 0.3) is 0 Å². The molecule has 1 heterocycles. The van der Waals surface area contributed by atoms with Crippen molar-refractivity contribution in [3.63, 3.8) is 0 Å². The monoisotopic (exact) mass is 344 g/mol. The Morgan fingerprint density at radius 3 is 2.48 bits per heavy atom. The van der Waals surface area contributed by atoms with Gasteiger partial charge >= 0.3 is 0 Å². The third-order valence-electron chi connectivity index (χ3n) is 2.87. The smallest absolute Gasteiger partial charge is 0.269 e. The lowest BCUT2D eigenvalue weighted by Gasteiger charge is -2.10. The Bertz CT molecular complexity index is 756. The first-order valence-corrected chi connectivity index (χ1v) is 7.11. The van der Waals surface area contributed by atoms with E-state index in [1.165, 1.54) is 23.9 Å². The first-order valence-electron chi connectivity index (χ1n) is 5.98. The molecule has 2 rings (SSSR count). The number of carbonyl (C=O) groups excluding carboxylic acids is 1. The van der Waals surface area contributed by atoms with Crippen LogP contribution < -0.4 is 10.9 Å². The highest BCUT2D eigenvalue weighted by atomic mass is 35.5. The van der Waals surface area contributed by atoms with E-state index in [4.69, 9.17) is 34.8 Å². The highest BCUT2D eigenvalue weighted by Gasteiger charge is 2.11. The average molecular weight is 346 g/mol. The third-order valence-corrected chi connectivity index (χ3v) is 3.88. The molecule has 4 nitrogen and oxygen atoms in total. The van der Waals surface area contributed by atoms with Crippen LogP contribution in [0.2, 0.25) is 15.1 Å². The molecule has 0 atom stereocenters. The summed E-state index contributed by atoms with van der Waals surface area (Å²) in [4.78, 5) is 23.7. The highest BCUT2D eigenvalue weighted by Crippen LogP contribution is 2.23. The lowest BCUT2D eigenvalue weighted by atomic mass is 10.2. The predicted molar refractivity (Wildman–Crippen MR) is 84.7 cm³/mol. The van der Waals surface area contributed by atoms with Gasteiger partial charge in [-0.3, -0.25) is 9.59 Å². The molecule has 0 bridgehead atoms. The van der Waals surface area contributed by atoms with E-state index in [2.05, 4.69) is 5.32 Å². The van der Waals surface area contributed by atoms with Crippen molar-refractivity contribution < 1.29 is 4.79 Å². The molecule has 1 N–H and O–H groups in total. The first kappa shape index (κ1) is 15.9. The van der Waals surface area contributed by atoms with Crippen LogP contribution >= 0.6 is 34.8 Å². The summed E-state index contributed by atoms with van der Waals surface area (Å²) in [6.45, 7) is 0.236. The largest absolute Gasteiger partial charge is 0.355 e. The second-order valence-electron chi connectivity index (χ2n) is 4.34. The van der Waals surface area contributed by atoms with E-state index < -0.39 is 0 Å². The minimum absolute atomic E-state index is 0.0174. The van der Waals surface area contributed by atoms with Crippen LogP contribution in [-0.2, 0) is 6.54 Å².